The lowest BCUT2D eigenvalue weighted by atomic mass is 10.0. The third-order valence-corrected chi connectivity index (χ3v) is 4.57. The standard InChI is InChI=1S/C24H24N4O/c1-3-4-14-26-24(29)20(16-25)15-21-17-28(22-8-6-5-7-9-22)27-23(21)19-12-10-18(2)11-13-19/h5-13,15,17H,3-4,14H2,1-2H3,(H,26,29)/b20-15+. The number of nitrogens with one attached hydrogen (secondary N) is 1. The zero-order valence-corrected chi connectivity index (χ0v) is 16.7. The molecule has 0 atom stereocenters. The summed E-state index contributed by atoms with van der Waals surface area (Å²) in [5.41, 5.74) is 4.51. The highest BCUT2D eigenvalue weighted by Gasteiger charge is 2.15. The van der Waals surface area contributed by atoms with Crippen LogP contribution < -0.4 is 5.32 Å². The molecular weight excluding hydrogens is 360 g/mol. The van der Waals surface area contributed by atoms with E-state index in [1.807, 2.05) is 73.8 Å². The first-order chi connectivity index (χ1) is 14.1. The van der Waals surface area contributed by atoms with Gasteiger partial charge in [0.25, 0.3) is 5.91 Å². The zero-order chi connectivity index (χ0) is 20.6. The highest BCUT2D eigenvalue weighted by atomic mass is 16.1. The monoisotopic (exact) mass is 384 g/mol. The summed E-state index contributed by atoms with van der Waals surface area (Å²) in [4.78, 5) is 12.4. The van der Waals surface area contributed by atoms with E-state index in [2.05, 4.69) is 12.2 Å². The maximum absolute atomic E-state index is 12.4. The van der Waals surface area contributed by atoms with Crippen LogP contribution in [0.15, 0.2) is 66.4 Å². The molecule has 1 heterocycles. The number of aromatic nitrogens is 2. The van der Waals surface area contributed by atoms with Gasteiger partial charge in [-0.05, 0) is 31.6 Å². The van der Waals surface area contributed by atoms with Gasteiger partial charge in [0.1, 0.15) is 11.6 Å². The van der Waals surface area contributed by atoms with E-state index in [1.54, 1.807) is 10.8 Å². The zero-order valence-electron chi connectivity index (χ0n) is 16.7. The minimum atomic E-state index is -0.358. The molecule has 1 aromatic heterocycles. The van der Waals surface area contributed by atoms with E-state index in [1.165, 1.54) is 0 Å². The number of carbonyl (C=O) groups excluding carboxylic acids is 1. The number of hydrogen-bond acceptors (Lipinski definition) is 3. The molecule has 0 bridgehead atoms. The highest BCUT2D eigenvalue weighted by Crippen LogP contribution is 2.26. The van der Waals surface area contributed by atoms with Crippen molar-refractivity contribution < 1.29 is 4.79 Å². The van der Waals surface area contributed by atoms with Crippen LogP contribution in [0.2, 0.25) is 0 Å². The van der Waals surface area contributed by atoms with Crippen molar-refractivity contribution in [1.82, 2.24) is 15.1 Å². The molecule has 0 saturated carbocycles. The van der Waals surface area contributed by atoms with Gasteiger partial charge in [0.2, 0.25) is 0 Å². The number of unbranched alkanes of at least 4 members (excludes halogenated alkanes) is 1. The fourth-order valence-corrected chi connectivity index (χ4v) is 2.92. The van der Waals surface area contributed by atoms with Gasteiger partial charge in [-0.1, -0.05) is 61.4 Å². The third kappa shape index (κ3) is 4.99. The molecular formula is C24H24N4O. The lowest BCUT2D eigenvalue weighted by Crippen LogP contribution is -2.25. The Morgan fingerprint density at radius 3 is 2.55 bits per heavy atom. The summed E-state index contributed by atoms with van der Waals surface area (Å²) in [5.74, 6) is -0.358. The number of rotatable bonds is 7. The summed E-state index contributed by atoms with van der Waals surface area (Å²) in [7, 11) is 0. The second-order valence-corrected chi connectivity index (χ2v) is 6.86. The van der Waals surface area contributed by atoms with Crippen molar-refractivity contribution in [3.8, 4) is 23.0 Å². The molecule has 1 amide bonds. The van der Waals surface area contributed by atoms with Crippen LogP contribution in [-0.4, -0.2) is 22.2 Å². The summed E-state index contributed by atoms with van der Waals surface area (Å²) >= 11 is 0. The number of amides is 1. The smallest absolute Gasteiger partial charge is 0.261 e. The van der Waals surface area contributed by atoms with E-state index in [0.717, 1.165) is 40.9 Å². The predicted octanol–water partition coefficient (Wildman–Crippen LogP) is 4.67. The van der Waals surface area contributed by atoms with Crippen molar-refractivity contribution in [3.05, 3.63) is 77.5 Å². The maximum Gasteiger partial charge on any atom is 0.261 e. The van der Waals surface area contributed by atoms with Crippen molar-refractivity contribution in [2.45, 2.75) is 26.7 Å². The van der Waals surface area contributed by atoms with E-state index in [9.17, 15) is 10.1 Å². The van der Waals surface area contributed by atoms with E-state index >= 15 is 0 Å². The van der Waals surface area contributed by atoms with Gasteiger partial charge in [0.15, 0.2) is 0 Å². The maximum atomic E-state index is 12.4. The van der Waals surface area contributed by atoms with Crippen molar-refractivity contribution in [2.75, 3.05) is 6.54 Å². The lowest BCUT2D eigenvalue weighted by Gasteiger charge is -2.03. The average Bonchev–Trinajstić information content (AvgIpc) is 3.17. The van der Waals surface area contributed by atoms with Crippen molar-refractivity contribution in [3.63, 3.8) is 0 Å². The van der Waals surface area contributed by atoms with Crippen LogP contribution in [0.3, 0.4) is 0 Å². The summed E-state index contributed by atoms with van der Waals surface area (Å²) in [6.45, 7) is 4.64. The molecule has 0 aliphatic heterocycles. The van der Waals surface area contributed by atoms with E-state index in [0.29, 0.717) is 6.54 Å². The quantitative estimate of drug-likeness (QED) is 0.365. The van der Waals surface area contributed by atoms with E-state index < -0.39 is 0 Å². The normalized spacial score (nSPS) is 11.1. The number of carbonyl (C=O) groups is 1. The number of para-hydroxylation sites is 1. The van der Waals surface area contributed by atoms with Crippen LogP contribution in [0.1, 0.15) is 30.9 Å². The first-order valence-electron chi connectivity index (χ1n) is 9.74. The second-order valence-electron chi connectivity index (χ2n) is 6.86. The fraction of sp³-hybridized carbons (Fsp3) is 0.208. The Morgan fingerprint density at radius 2 is 1.90 bits per heavy atom. The van der Waals surface area contributed by atoms with Crippen LogP contribution >= 0.6 is 0 Å². The largest absolute Gasteiger partial charge is 0.351 e. The SMILES string of the molecule is CCCCNC(=O)/C(C#N)=C/c1cn(-c2ccccc2)nc1-c1ccc(C)cc1. The average molecular weight is 384 g/mol. The third-order valence-electron chi connectivity index (χ3n) is 4.57. The fourth-order valence-electron chi connectivity index (χ4n) is 2.92. The molecule has 1 N–H and O–H groups in total. The molecule has 3 aromatic rings. The van der Waals surface area contributed by atoms with Crippen LogP contribution in [0.25, 0.3) is 23.0 Å². The molecule has 0 saturated heterocycles. The van der Waals surface area contributed by atoms with Crippen molar-refractivity contribution in [1.29, 1.82) is 5.26 Å². The topological polar surface area (TPSA) is 70.7 Å². The van der Waals surface area contributed by atoms with Gasteiger partial charge >= 0.3 is 0 Å². The molecule has 0 aliphatic carbocycles. The van der Waals surface area contributed by atoms with Crippen LogP contribution in [0, 0.1) is 18.3 Å². The molecule has 146 valence electrons. The Kier molecular flexibility index (Phi) is 6.59. The molecule has 2 aromatic carbocycles. The summed E-state index contributed by atoms with van der Waals surface area (Å²) in [5, 5.41) is 17.1. The second kappa shape index (κ2) is 9.52. The molecule has 5 heteroatoms. The summed E-state index contributed by atoms with van der Waals surface area (Å²) in [6, 6.07) is 19.8. The molecule has 5 nitrogen and oxygen atoms in total. The molecule has 29 heavy (non-hydrogen) atoms. The van der Waals surface area contributed by atoms with E-state index in [-0.39, 0.29) is 11.5 Å². The van der Waals surface area contributed by atoms with Crippen molar-refractivity contribution in [2.24, 2.45) is 0 Å². The Morgan fingerprint density at radius 1 is 1.17 bits per heavy atom. The lowest BCUT2D eigenvalue weighted by molar-refractivity contribution is -0.117. The number of hydrogen-bond donors (Lipinski definition) is 1. The first kappa shape index (κ1) is 20.1. The molecule has 0 spiro atoms. The number of aryl methyl sites for hydroxylation is 1. The highest BCUT2D eigenvalue weighted by molar-refractivity contribution is 6.02. The minimum Gasteiger partial charge on any atom is -0.351 e. The van der Waals surface area contributed by atoms with Gasteiger partial charge in [0.05, 0.1) is 11.4 Å². The Balaban J connectivity index is 2.03. The summed E-state index contributed by atoms with van der Waals surface area (Å²) in [6.07, 6.45) is 5.32. The van der Waals surface area contributed by atoms with Gasteiger partial charge in [0, 0.05) is 23.9 Å². The van der Waals surface area contributed by atoms with Gasteiger partial charge < -0.3 is 5.32 Å². The van der Waals surface area contributed by atoms with Crippen molar-refractivity contribution >= 4 is 12.0 Å². The summed E-state index contributed by atoms with van der Waals surface area (Å²) < 4.78 is 1.77. The van der Waals surface area contributed by atoms with E-state index in [4.69, 9.17) is 5.10 Å². The van der Waals surface area contributed by atoms with Gasteiger partial charge in [-0.2, -0.15) is 10.4 Å². The van der Waals surface area contributed by atoms with Crippen LogP contribution in [0.5, 0.6) is 0 Å². The Bertz CT molecular complexity index is 1040. The molecule has 0 fully saturated rings. The van der Waals surface area contributed by atoms with Gasteiger partial charge in [-0.15, -0.1) is 0 Å². The molecule has 0 radical (unpaired) electrons. The number of nitrogens with zero attached hydrogens (tertiary/aromatic N) is 3. The molecule has 3 rings (SSSR count). The number of benzene rings is 2. The predicted molar refractivity (Wildman–Crippen MR) is 115 cm³/mol. The van der Waals surface area contributed by atoms with Crippen LogP contribution in [-0.2, 0) is 4.79 Å². The van der Waals surface area contributed by atoms with Crippen LogP contribution in [0.4, 0.5) is 0 Å². The molecule has 0 unspecified atom stereocenters. The number of nitriles is 1. The van der Waals surface area contributed by atoms with Gasteiger partial charge in [-0.3, -0.25) is 4.79 Å². The Labute approximate surface area is 171 Å². The van der Waals surface area contributed by atoms with Gasteiger partial charge in [-0.25, -0.2) is 4.68 Å². The first-order valence-corrected chi connectivity index (χ1v) is 9.74. The Hall–Kier alpha value is -3.65. The minimum absolute atomic E-state index is 0.0714. The molecule has 0 aliphatic rings.